The number of anilines is 1. The molecular formula is C16H19N3O3. The Morgan fingerprint density at radius 2 is 2.27 bits per heavy atom. The molecule has 22 heavy (non-hydrogen) atoms. The zero-order valence-electron chi connectivity index (χ0n) is 12.5. The molecule has 6 heteroatoms. The van der Waals surface area contributed by atoms with Gasteiger partial charge in [-0.3, -0.25) is 9.59 Å². The Labute approximate surface area is 129 Å². The number of piperidine rings is 1. The Morgan fingerprint density at radius 3 is 2.86 bits per heavy atom. The second-order valence-electron chi connectivity index (χ2n) is 5.57. The molecule has 1 aliphatic rings. The van der Waals surface area contributed by atoms with Crippen LogP contribution in [-0.2, 0) is 4.79 Å². The van der Waals surface area contributed by atoms with Crippen molar-refractivity contribution in [2.45, 2.75) is 13.3 Å². The van der Waals surface area contributed by atoms with E-state index in [1.165, 1.54) is 6.20 Å². The summed E-state index contributed by atoms with van der Waals surface area (Å²) in [6.45, 7) is 3.41. The highest BCUT2D eigenvalue weighted by molar-refractivity contribution is 5.94. The fourth-order valence-electron chi connectivity index (χ4n) is 2.66. The zero-order valence-corrected chi connectivity index (χ0v) is 12.5. The lowest BCUT2D eigenvalue weighted by Gasteiger charge is -2.35. The van der Waals surface area contributed by atoms with Crippen LogP contribution in [0.5, 0.6) is 0 Å². The third kappa shape index (κ3) is 3.76. The molecule has 1 aliphatic heterocycles. The summed E-state index contributed by atoms with van der Waals surface area (Å²) in [7, 11) is 0. The number of nitrogens with one attached hydrogen (secondary N) is 1. The van der Waals surface area contributed by atoms with Crippen LogP contribution >= 0.6 is 0 Å². The number of terminal acetylenes is 1. The number of hydrogen-bond donors (Lipinski definition) is 2. The Morgan fingerprint density at radius 1 is 1.50 bits per heavy atom. The van der Waals surface area contributed by atoms with Gasteiger partial charge in [0.25, 0.3) is 5.91 Å². The molecule has 0 aliphatic carbocycles. The second kappa shape index (κ2) is 6.94. The Bertz CT molecular complexity index is 592. The van der Waals surface area contributed by atoms with Gasteiger partial charge in [-0.2, -0.15) is 0 Å². The minimum Gasteiger partial charge on any atom is -0.481 e. The number of hydrogen-bond acceptors (Lipinski definition) is 4. The van der Waals surface area contributed by atoms with E-state index >= 15 is 0 Å². The summed E-state index contributed by atoms with van der Waals surface area (Å²) >= 11 is 0. The number of amides is 1. The van der Waals surface area contributed by atoms with E-state index in [2.05, 4.69) is 16.2 Å². The molecule has 2 unspecified atom stereocenters. The Hall–Kier alpha value is -2.55. The number of carboxylic acids is 1. The number of aliphatic carboxylic acids is 1. The van der Waals surface area contributed by atoms with Crippen LogP contribution in [0, 0.1) is 24.2 Å². The smallest absolute Gasteiger partial charge is 0.308 e. The van der Waals surface area contributed by atoms with Crippen molar-refractivity contribution in [3.63, 3.8) is 0 Å². The van der Waals surface area contributed by atoms with Crippen molar-refractivity contribution in [3.8, 4) is 12.3 Å². The molecule has 0 saturated carbocycles. The molecule has 1 aromatic rings. The van der Waals surface area contributed by atoms with E-state index in [0.29, 0.717) is 24.3 Å². The average Bonchev–Trinajstić information content (AvgIpc) is 2.52. The van der Waals surface area contributed by atoms with E-state index in [4.69, 9.17) is 6.42 Å². The number of carboxylic acid groups (broad SMARTS) is 1. The third-order valence-corrected chi connectivity index (χ3v) is 3.69. The first-order valence-corrected chi connectivity index (χ1v) is 7.16. The Balaban J connectivity index is 2.08. The molecule has 1 aromatic heterocycles. The molecule has 2 atom stereocenters. The first-order chi connectivity index (χ1) is 10.5. The highest BCUT2D eigenvalue weighted by Crippen LogP contribution is 2.25. The van der Waals surface area contributed by atoms with Crippen molar-refractivity contribution in [2.24, 2.45) is 11.8 Å². The van der Waals surface area contributed by atoms with Gasteiger partial charge in [0.2, 0.25) is 0 Å². The van der Waals surface area contributed by atoms with Gasteiger partial charge in [0.05, 0.1) is 18.0 Å². The highest BCUT2D eigenvalue weighted by atomic mass is 16.4. The van der Waals surface area contributed by atoms with Crippen molar-refractivity contribution in [1.82, 2.24) is 10.3 Å². The number of nitrogens with zero attached hydrogens (tertiary/aromatic N) is 2. The Kier molecular flexibility index (Phi) is 4.99. The van der Waals surface area contributed by atoms with Crippen LogP contribution in [0.3, 0.4) is 0 Å². The van der Waals surface area contributed by atoms with Gasteiger partial charge in [-0.25, -0.2) is 4.98 Å². The summed E-state index contributed by atoms with van der Waals surface area (Å²) in [5.41, 5.74) is 0.429. The van der Waals surface area contributed by atoms with Crippen molar-refractivity contribution in [3.05, 3.63) is 23.9 Å². The van der Waals surface area contributed by atoms with E-state index in [9.17, 15) is 14.7 Å². The van der Waals surface area contributed by atoms with Crippen LogP contribution in [0.2, 0.25) is 0 Å². The summed E-state index contributed by atoms with van der Waals surface area (Å²) in [6.07, 6.45) is 7.25. The third-order valence-electron chi connectivity index (χ3n) is 3.69. The zero-order chi connectivity index (χ0) is 16.1. The number of pyridine rings is 1. The van der Waals surface area contributed by atoms with Crippen LogP contribution in [0.15, 0.2) is 18.3 Å². The lowest BCUT2D eigenvalue weighted by atomic mass is 9.90. The van der Waals surface area contributed by atoms with Crippen molar-refractivity contribution >= 4 is 17.7 Å². The number of rotatable bonds is 4. The largest absolute Gasteiger partial charge is 0.481 e. The van der Waals surface area contributed by atoms with Gasteiger partial charge < -0.3 is 15.3 Å². The highest BCUT2D eigenvalue weighted by Gasteiger charge is 2.30. The van der Waals surface area contributed by atoms with Gasteiger partial charge in [-0.05, 0) is 24.5 Å². The van der Waals surface area contributed by atoms with Crippen LogP contribution < -0.4 is 10.2 Å². The molecule has 6 nitrogen and oxygen atoms in total. The van der Waals surface area contributed by atoms with E-state index in [1.54, 1.807) is 12.1 Å². The van der Waals surface area contributed by atoms with Crippen LogP contribution in [0.1, 0.15) is 23.7 Å². The average molecular weight is 301 g/mol. The van der Waals surface area contributed by atoms with E-state index in [1.807, 2.05) is 11.8 Å². The monoisotopic (exact) mass is 301 g/mol. The minimum atomic E-state index is -0.776. The SMILES string of the molecule is C#CCNC(=O)c1ccc(N2CC(C)CC(C(=O)O)C2)nc1. The fraction of sp³-hybridized carbons (Fsp3) is 0.438. The molecule has 0 aromatic carbocycles. The maximum atomic E-state index is 11.7. The quantitative estimate of drug-likeness (QED) is 0.811. The standard InChI is InChI=1S/C16H19N3O3/c1-3-6-17-15(20)12-4-5-14(18-8-12)19-9-11(2)7-13(10-19)16(21)22/h1,4-5,8,11,13H,6-7,9-10H2,2H3,(H,17,20)(H,21,22). The lowest BCUT2D eigenvalue weighted by molar-refractivity contribution is -0.142. The van der Waals surface area contributed by atoms with Gasteiger partial charge in [0, 0.05) is 19.3 Å². The molecule has 1 amide bonds. The van der Waals surface area contributed by atoms with E-state index in [0.717, 1.165) is 6.54 Å². The lowest BCUT2D eigenvalue weighted by Crippen LogP contribution is -2.43. The molecule has 116 valence electrons. The molecule has 0 spiro atoms. The van der Waals surface area contributed by atoms with Gasteiger partial charge in [0.15, 0.2) is 0 Å². The van der Waals surface area contributed by atoms with Crippen LogP contribution in [0.25, 0.3) is 0 Å². The maximum absolute atomic E-state index is 11.7. The molecule has 1 fully saturated rings. The molecule has 1 saturated heterocycles. The first kappa shape index (κ1) is 15.8. The number of carbonyl (C=O) groups is 2. The number of carbonyl (C=O) groups excluding carboxylic acids is 1. The van der Waals surface area contributed by atoms with Crippen molar-refractivity contribution < 1.29 is 14.7 Å². The molecule has 2 rings (SSSR count). The van der Waals surface area contributed by atoms with Crippen molar-refractivity contribution in [1.29, 1.82) is 0 Å². The summed E-state index contributed by atoms with van der Waals surface area (Å²) in [6, 6.07) is 3.41. The van der Waals surface area contributed by atoms with Gasteiger partial charge in [-0.1, -0.05) is 12.8 Å². The van der Waals surface area contributed by atoms with Gasteiger partial charge >= 0.3 is 5.97 Å². The molecule has 0 radical (unpaired) electrons. The molecular weight excluding hydrogens is 282 g/mol. The fourth-order valence-corrected chi connectivity index (χ4v) is 2.66. The normalized spacial score (nSPS) is 21.0. The van der Waals surface area contributed by atoms with Gasteiger partial charge in [0.1, 0.15) is 5.82 Å². The van der Waals surface area contributed by atoms with E-state index < -0.39 is 5.97 Å². The van der Waals surface area contributed by atoms with E-state index in [-0.39, 0.29) is 24.3 Å². The predicted octanol–water partition coefficient (Wildman–Crippen LogP) is 0.992. The van der Waals surface area contributed by atoms with Crippen LogP contribution in [-0.4, -0.2) is 41.6 Å². The van der Waals surface area contributed by atoms with Crippen LogP contribution in [0.4, 0.5) is 5.82 Å². The minimum absolute atomic E-state index is 0.171. The number of aromatic nitrogens is 1. The second-order valence-corrected chi connectivity index (χ2v) is 5.57. The van der Waals surface area contributed by atoms with Crippen molar-refractivity contribution in [2.75, 3.05) is 24.5 Å². The summed E-state index contributed by atoms with van der Waals surface area (Å²) < 4.78 is 0. The molecule has 2 N–H and O–H groups in total. The maximum Gasteiger partial charge on any atom is 0.308 e. The first-order valence-electron chi connectivity index (χ1n) is 7.16. The molecule has 2 heterocycles. The molecule has 0 bridgehead atoms. The summed E-state index contributed by atoms with van der Waals surface area (Å²) in [5.74, 6) is 1.88. The summed E-state index contributed by atoms with van der Waals surface area (Å²) in [5, 5.41) is 11.8. The van der Waals surface area contributed by atoms with Gasteiger partial charge in [-0.15, -0.1) is 6.42 Å². The topological polar surface area (TPSA) is 82.5 Å². The predicted molar refractivity (Wildman–Crippen MR) is 82.5 cm³/mol. The summed E-state index contributed by atoms with van der Waals surface area (Å²) in [4.78, 5) is 29.2.